The molecule has 2 rings (SSSR count). The Morgan fingerprint density at radius 3 is 2.62 bits per heavy atom. The van der Waals surface area contributed by atoms with Gasteiger partial charge in [0.15, 0.2) is 0 Å². The number of aromatic amines is 1. The highest BCUT2D eigenvalue weighted by atomic mass is 16.2. The van der Waals surface area contributed by atoms with Crippen LogP contribution in [0.25, 0.3) is 0 Å². The number of hydrogen-bond acceptors (Lipinski definition) is 4. The van der Waals surface area contributed by atoms with Gasteiger partial charge < -0.3 is 5.73 Å². The number of carbonyl (C=O) groups is 2. The molecule has 0 spiro atoms. The first-order chi connectivity index (χ1) is 7.58. The molecule has 1 aromatic rings. The number of piperidine rings is 1. The van der Waals surface area contributed by atoms with E-state index in [4.69, 9.17) is 5.73 Å². The van der Waals surface area contributed by atoms with Gasteiger partial charge in [-0.25, -0.2) is 0 Å². The van der Waals surface area contributed by atoms with Crippen molar-refractivity contribution in [3.63, 3.8) is 0 Å². The lowest BCUT2D eigenvalue weighted by Crippen LogP contribution is -2.42. The molecule has 3 N–H and O–H groups in total. The highest BCUT2D eigenvalue weighted by Crippen LogP contribution is 2.21. The maximum Gasteiger partial charge on any atom is 0.229 e. The molecule has 6 heteroatoms. The quantitative estimate of drug-likeness (QED) is 0.703. The van der Waals surface area contributed by atoms with Gasteiger partial charge in [0.2, 0.25) is 11.8 Å². The third kappa shape index (κ3) is 1.91. The first kappa shape index (κ1) is 10.7. The van der Waals surface area contributed by atoms with Gasteiger partial charge >= 0.3 is 0 Å². The van der Waals surface area contributed by atoms with Crippen LogP contribution >= 0.6 is 0 Å². The predicted octanol–water partition coefficient (Wildman–Crippen LogP) is 0.277. The maximum atomic E-state index is 11.7. The Labute approximate surface area is 92.8 Å². The topological polar surface area (TPSA) is 92.1 Å². The van der Waals surface area contributed by atoms with Crippen molar-refractivity contribution in [1.82, 2.24) is 15.1 Å². The Bertz CT molecular complexity index is 408. The SMILES string of the molecule is CC1CC(=O)N(Cc2cn[nH]c2N)C(=O)C1. The molecule has 2 amide bonds. The van der Waals surface area contributed by atoms with Crippen LogP contribution in [0.4, 0.5) is 5.82 Å². The summed E-state index contributed by atoms with van der Waals surface area (Å²) in [6.45, 7) is 2.12. The molecule has 0 unspecified atom stereocenters. The molecule has 1 aromatic heterocycles. The molecule has 0 atom stereocenters. The predicted molar refractivity (Wildman–Crippen MR) is 57.0 cm³/mol. The third-order valence-electron chi connectivity index (χ3n) is 2.73. The zero-order valence-corrected chi connectivity index (χ0v) is 9.06. The lowest BCUT2D eigenvalue weighted by atomic mass is 9.97. The normalized spacial score (nSPS) is 18.2. The lowest BCUT2D eigenvalue weighted by molar-refractivity contribution is -0.150. The standard InChI is InChI=1S/C10H14N4O2/c1-6-2-8(15)14(9(16)3-6)5-7-4-12-13-10(7)11/h4,6H,2-3,5H2,1H3,(H3,11,12,13). The fourth-order valence-electron chi connectivity index (χ4n) is 1.82. The van der Waals surface area contributed by atoms with E-state index in [0.29, 0.717) is 24.2 Å². The fraction of sp³-hybridized carbons (Fsp3) is 0.500. The minimum atomic E-state index is -0.135. The summed E-state index contributed by atoms with van der Waals surface area (Å²) in [6, 6.07) is 0. The minimum absolute atomic E-state index is 0.135. The highest BCUT2D eigenvalue weighted by Gasteiger charge is 2.30. The van der Waals surface area contributed by atoms with Crippen LogP contribution in [-0.4, -0.2) is 26.9 Å². The second-order valence-electron chi connectivity index (χ2n) is 4.20. The van der Waals surface area contributed by atoms with Gasteiger partial charge in [0.1, 0.15) is 5.82 Å². The summed E-state index contributed by atoms with van der Waals surface area (Å²) in [5, 5.41) is 6.33. The van der Waals surface area contributed by atoms with Crippen molar-refractivity contribution >= 4 is 17.6 Å². The summed E-state index contributed by atoms with van der Waals surface area (Å²) < 4.78 is 0. The van der Waals surface area contributed by atoms with Crippen molar-refractivity contribution in [3.8, 4) is 0 Å². The van der Waals surface area contributed by atoms with E-state index in [1.807, 2.05) is 6.92 Å². The Morgan fingerprint density at radius 1 is 1.50 bits per heavy atom. The number of amides is 2. The van der Waals surface area contributed by atoms with E-state index in [-0.39, 0.29) is 24.3 Å². The molecule has 86 valence electrons. The van der Waals surface area contributed by atoms with Gasteiger partial charge in [-0.3, -0.25) is 19.6 Å². The van der Waals surface area contributed by atoms with E-state index in [1.165, 1.54) is 11.1 Å². The molecule has 1 fully saturated rings. The van der Waals surface area contributed by atoms with Crippen LogP contribution < -0.4 is 5.73 Å². The second kappa shape index (κ2) is 3.96. The van der Waals surface area contributed by atoms with E-state index in [9.17, 15) is 9.59 Å². The Hall–Kier alpha value is -1.85. The first-order valence-corrected chi connectivity index (χ1v) is 5.19. The molecular formula is C10H14N4O2. The monoisotopic (exact) mass is 222 g/mol. The third-order valence-corrected chi connectivity index (χ3v) is 2.73. The van der Waals surface area contributed by atoms with Crippen molar-refractivity contribution in [2.75, 3.05) is 5.73 Å². The Kier molecular flexibility index (Phi) is 2.64. The van der Waals surface area contributed by atoms with E-state index >= 15 is 0 Å². The zero-order valence-electron chi connectivity index (χ0n) is 9.06. The van der Waals surface area contributed by atoms with Crippen LogP contribution in [0.15, 0.2) is 6.20 Å². The smallest absolute Gasteiger partial charge is 0.229 e. The summed E-state index contributed by atoms with van der Waals surface area (Å²) in [4.78, 5) is 24.6. The van der Waals surface area contributed by atoms with E-state index in [2.05, 4.69) is 10.2 Å². The molecule has 1 aliphatic heterocycles. The average molecular weight is 222 g/mol. The number of carbonyl (C=O) groups excluding carboxylic acids is 2. The van der Waals surface area contributed by atoms with E-state index < -0.39 is 0 Å². The molecule has 0 aliphatic carbocycles. The molecule has 0 bridgehead atoms. The number of anilines is 1. The molecule has 6 nitrogen and oxygen atoms in total. The largest absolute Gasteiger partial charge is 0.384 e. The highest BCUT2D eigenvalue weighted by molar-refractivity contribution is 5.97. The number of nitrogens with two attached hydrogens (primary N) is 1. The Balaban J connectivity index is 2.12. The van der Waals surface area contributed by atoms with Crippen molar-refractivity contribution in [2.45, 2.75) is 26.3 Å². The summed E-state index contributed by atoms with van der Waals surface area (Å²) in [7, 11) is 0. The summed E-state index contributed by atoms with van der Waals surface area (Å²) in [5.41, 5.74) is 6.29. The summed E-state index contributed by atoms with van der Waals surface area (Å²) in [5.74, 6) is 0.269. The molecule has 16 heavy (non-hydrogen) atoms. The summed E-state index contributed by atoms with van der Waals surface area (Å²) in [6.07, 6.45) is 2.38. The molecule has 2 heterocycles. The molecule has 1 saturated heterocycles. The number of H-pyrrole nitrogens is 1. The zero-order chi connectivity index (χ0) is 11.7. The number of aromatic nitrogens is 2. The van der Waals surface area contributed by atoms with Gasteiger partial charge in [-0.1, -0.05) is 6.92 Å². The van der Waals surface area contributed by atoms with Crippen molar-refractivity contribution in [2.24, 2.45) is 5.92 Å². The van der Waals surface area contributed by atoms with E-state index in [1.54, 1.807) is 0 Å². The number of imide groups is 1. The van der Waals surface area contributed by atoms with Crippen molar-refractivity contribution < 1.29 is 9.59 Å². The molecule has 0 radical (unpaired) electrons. The van der Waals surface area contributed by atoms with Crippen molar-refractivity contribution in [3.05, 3.63) is 11.8 Å². The molecule has 0 aromatic carbocycles. The van der Waals surface area contributed by atoms with Crippen LogP contribution in [-0.2, 0) is 16.1 Å². The Morgan fingerprint density at radius 2 is 2.12 bits per heavy atom. The number of rotatable bonds is 2. The van der Waals surface area contributed by atoms with Crippen LogP contribution in [0.2, 0.25) is 0 Å². The van der Waals surface area contributed by atoms with Crippen LogP contribution in [0.5, 0.6) is 0 Å². The molecular weight excluding hydrogens is 208 g/mol. The van der Waals surface area contributed by atoms with Crippen LogP contribution in [0.3, 0.4) is 0 Å². The maximum absolute atomic E-state index is 11.7. The first-order valence-electron chi connectivity index (χ1n) is 5.19. The van der Waals surface area contributed by atoms with Crippen LogP contribution in [0, 0.1) is 5.92 Å². The summed E-state index contributed by atoms with van der Waals surface area (Å²) >= 11 is 0. The van der Waals surface area contributed by atoms with Gasteiger partial charge in [-0.05, 0) is 5.92 Å². The van der Waals surface area contributed by atoms with Crippen LogP contribution in [0.1, 0.15) is 25.3 Å². The van der Waals surface area contributed by atoms with Gasteiger partial charge in [0, 0.05) is 18.4 Å². The minimum Gasteiger partial charge on any atom is -0.384 e. The number of nitrogens with one attached hydrogen (secondary N) is 1. The fourth-order valence-corrected chi connectivity index (χ4v) is 1.82. The van der Waals surface area contributed by atoms with Gasteiger partial charge in [0.05, 0.1) is 12.7 Å². The second-order valence-corrected chi connectivity index (χ2v) is 4.20. The number of likely N-dealkylation sites (tertiary alicyclic amines) is 1. The van der Waals surface area contributed by atoms with Gasteiger partial charge in [-0.2, -0.15) is 5.10 Å². The average Bonchev–Trinajstić information content (AvgIpc) is 2.57. The molecule has 1 aliphatic rings. The van der Waals surface area contributed by atoms with E-state index in [0.717, 1.165) is 0 Å². The van der Waals surface area contributed by atoms with Crippen molar-refractivity contribution in [1.29, 1.82) is 0 Å². The molecule has 0 saturated carbocycles. The number of hydrogen-bond donors (Lipinski definition) is 2. The van der Waals surface area contributed by atoms with Gasteiger partial charge in [0.25, 0.3) is 0 Å². The van der Waals surface area contributed by atoms with Gasteiger partial charge in [-0.15, -0.1) is 0 Å². The lowest BCUT2D eigenvalue weighted by Gasteiger charge is -2.27. The number of nitrogens with zero attached hydrogens (tertiary/aromatic N) is 2. The number of nitrogen functional groups attached to an aromatic ring is 1.